The standard InChI is InChI=1S/C17H27NO3S2/c1-3-18-15(19)11(2)21-16(20)12-9-13-5-4-6-14(10-12)17(13)22-7-8-23-17/h11-14H,3-10H2,1-2H3,(H,18,19)/t11-,12?,13-,14+/m1/s1. The number of hydrogen-bond acceptors (Lipinski definition) is 5. The first-order valence-electron chi connectivity index (χ1n) is 8.83. The molecule has 6 heteroatoms. The van der Waals surface area contributed by atoms with Crippen LogP contribution in [0.15, 0.2) is 0 Å². The summed E-state index contributed by atoms with van der Waals surface area (Å²) in [5.74, 6) is 3.38. The Balaban J connectivity index is 1.62. The van der Waals surface area contributed by atoms with Gasteiger partial charge in [-0.15, -0.1) is 23.5 Å². The molecule has 1 spiro atoms. The summed E-state index contributed by atoms with van der Waals surface area (Å²) in [6.45, 7) is 4.09. The van der Waals surface area contributed by atoms with Crippen LogP contribution in [-0.2, 0) is 14.3 Å². The molecule has 3 aliphatic rings. The topological polar surface area (TPSA) is 55.4 Å². The molecule has 1 aliphatic heterocycles. The lowest BCUT2D eigenvalue weighted by Gasteiger charge is -2.51. The predicted molar refractivity (Wildman–Crippen MR) is 95.4 cm³/mol. The molecule has 2 aliphatic carbocycles. The van der Waals surface area contributed by atoms with Crippen LogP contribution < -0.4 is 5.32 Å². The third-order valence-corrected chi connectivity index (χ3v) is 9.48. The fraction of sp³-hybridized carbons (Fsp3) is 0.882. The third kappa shape index (κ3) is 3.39. The van der Waals surface area contributed by atoms with Crippen molar-refractivity contribution in [3.8, 4) is 0 Å². The quantitative estimate of drug-likeness (QED) is 0.784. The van der Waals surface area contributed by atoms with Crippen LogP contribution in [-0.4, -0.2) is 40.1 Å². The van der Waals surface area contributed by atoms with Crippen molar-refractivity contribution in [1.29, 1.82) is 0 Å². The Morgan fingerprint density at radius 3 is 2.39 bits per heavy atom. The number of rotatable bonds is 4. The van der Waals surface area contributed by atoms with Crippen LogP contribution in [0.2, 0.25) is 0 Å². The van der Waals surface area contributed by atoms with Gasteiger partial charge in [0, 0.05) is 18.1 Å². The Kier molecular flexibility index (Phi) is 5.51. The summed E-state index contributed by atoms with van der Waals surface area (Å²) in [6.07, 6.45) is 4.98. The average Bonchev–Trinajstić information content (AvgIpc) is 2.96. The maximum absolute atomic E-state index is 12.5. The molecule has 4 atom stereocenters. The molecule has 1 heterocycles. The molecule has 1 N–H and O–H groups in total. The molecule has 130 valence electrons. The smallest absolute Gasteiger partial charge is 0.309 e. The highest BCUT2D eigenvalue weighted by atomic mass is 32.2. The van der Waals surface area contributed by atoms with Crippen LogP contribution in [0.25, 0.3) is 0 Å². The van der Waals surface area contributed by atoms with Crippen LogP contribution in [0.4, 0.5) is 0 Å². The largest absolute Gasteiger partial charge is 0.452 e. The van der Waals surface area contributed by atoms with E-state index in [-0.39, 0.29) is 17.8 Å². The van der Waals surface area contributed by atoms with E-state index in [1.165, 1.54) is 30.8 Å². The van der Waals surface area contributed by atoms with Gasteiger partial charge in [-0.25, -0.2) is 0 Å². The highest BCUT2D eigenvalue weighted by molar-refractivity contribution is 8.21. The average molecular weight is 358 g/mol. The van der Waals surface area contributed by atoms with Gasteiger partial charge < -0.3 is 10.1 Å². The number of ether oxygens (including phenoxy) is 1. The van der Waals surface area contributed by atoms with E-state index in [2.05, 4.69) is 28.8 Å². The molecule has 4 nitrogen and oxygen atoms in total. The van der Waals surface area contributed by atoms with Gasteiger partial charge in [0.05, 0.1) is 10.00 Å². The molecule has 0 radical (unpaired) electrons. The van der Waals surface area contributed by atoms with E-state index < -0.39 is 6.10 Å². The van der Waals surface area contributed by atoms with Gasteiger partial charge in [0.15, 0.2) is 6.10 Å². The second kappa shape index (κ2) is 7.26. The Morgan fingerprint density at radius 2 is 1.83 bits per heavy atom. The summed E-state index contributed by atoms with van der Waals surface area (Å²) in [4.78, 5) is 24.3. The van der Waals surface area contributed by atoms with Crippen molar-refractivity contribution < 1.29 is 14.3 Å². The normalized spacial score (nSPS) is 33.2. The Hall–Kier alpha value is -0.360. The zero-order chi connectivity index (χ0) is 16.4. The van der Waals surface area contributed by atoms with E-state index >= 15 is 0 Å². The molecule has 3 rings (SSSR count). The van der Waals surface area contributed by atoms with Gasteiger partial charge >= 0.3 is 5.97 Å². The van der Waals surface area contributed by atoms with E-state index in [9.17, 15) is 9.59 Å². The summed E-state index contributed by atoms with van der Waals surface area (Å²) in [5.41, 5.74) is 0. The third-order valence-electron chi connectivity index (χ3n) is 5.47. The Morgan fingerprint density at radius 1 is 1.22 bits per heavy atom. The molecule has 1 unspecified atom stereocenters. The van der Waals surface area contributed by atoms with E-state index in [0.29, 0.717) is 22.5 Å². The van der Waals surface area contributed by atoms with Gasteiger partial charge in [0.25, 0.3) is 5.91 Å². The van der Waals surface area contributed by atoms with Crippen LogP contribution in [0.1, 0.15) is 46.0 Å². The number of hydrogen-bond donors (Lipinski definition) is 1. The highest BCUT2D eigenvalue weighted by Crippen LogP contribution is 2.64. The minimum atomic E-state index is -0.687. The number of thioether (sulfide) groups is 2. The lowest BCUT2D eigenvalue weighted by molar-refractivity contribution is -0.161. The monoisotopic (exact) mass is 357 g/mol. The number of carbonyl (C=O) groups excluding carboxylic acids is 2. The van der Waals surface area contributed by atoms with Crippen LogP contribution in [0, 0.1) is 17.8 Å². The summed E-state index contributed by atoms with van der Waals surface area (Å²) in [5, 5.41) is 2.71. The summed E-state index contributed by atoms with van der Waals surface area (Å²) >= 11 is 4.29. The van der Waals surface area contributed by atoms with Crippen molar-refractivity contribution in [2.24, 2.45) is 17.8 Å². The first-order chi connectivity index (χ1) is 11.1. The van der Waals surface area contributed by atoms with E-state index in [0.717, 1.165) is 12.8 Å². The molecule has 2 bridgehead atoms. The summed E-state index contributed by atoms with van der Waals surface area (Å²) in [7, 11) is 0. The van der Waals surface area contributed by atoms with Gasteiger partial charge in [-0.05, 0) is 51.4 Å². The predicted octanol–water partition coefficient (Wildman–Crippen LogP) is 3.06. The molecular weight excluding hydrogens is 330 g/mol. The molecule has 0 aromatic carbocycles. The molecule has 1 saturated heterocycles. The Bertz CT molecular complexity index is 449. The van der Waals surface area contributed by atoms with Crippen molar-refractivity contribution in [1.82, 2.24) is 5.32 Å². The number of carbonyl (C=O) groups is 2. The van der Waals surface area contributed by atoms with Gasteiger partial charge in [0.1, 0.15) is 0 Å². The highest BCUT2D eigenvalue weighted by Gasteiger charge is 2.55. The van der Waals surface area contributed by atoms with Crippen molar-refractivity contribution in [3.63, 3.8) is 0 Å². The van der Waals surface area contributed by atoms with Crippen molar-refractivity contribution >= 4 is 35.4 Å². The van der Waals surface area contributed by atoms with Gasteiger partial charge in [0.2, 0.25) is 0 Å². The maximum Gasteiger partial charge on any atom is 0.309 e. The van der Waals surface area contributed by atoms with Gasteiger partial charge in [-0.1, -0.05) is 6.42 Å². The van der Waals surface area contributed by atoms with Crippen LogP contribution in [0.5, 0.6) is 0 Å². The molecule has 23 heavy (non-hydrogen) atoms. The molecule has 0 aromatic heterocycles. The van der Waals surface area contributed by atoms with Crippen molar-refractivity contribution in [3.05, 3.63) is 0 Å². The van der Waals surface area contributed by atoms with Crippen molar-refractivity contribution in [2.45, 2.75) is 56.1 Å². The number of esters is 1. The SMILES string of the molecule is CCNC(=O)[C@@H](C)OC(=O)C1C[C@H]2CCC[C@@H](C1)C21SCCS1. The minimum Gasteiger partial charge on any atom is -0.452 e. The number of likely N-dealkylation sites (N-methyl/N-ethyl adjacent to an activating group) is 1. The first kappa shape index (κ1) is 17.5. The Labute approximate surface area is 147 Å². The fourth-order valence-corrected chi connectivity index (χ4v) is 8.38. The van der Waals surface area contributed by atoms with E-state index in [1.807, 2.05) is 6.92 Å². The zero-order valence-electron chi connectivity index (χ0n) is 14.0. The second-order valence-corrected chi connectivity index (χ2v) is 9.89. The van der Waals surface area contributed by atoms with Crippen LogP contribution >= 0.6 is 23.5 Å². The minimum absolute atomic E-state index is 0.0189. The van der Waals surface area contributed by atoms with Crippen LogP contribution in [0.3, 0.4) is 0 Å². The second-order valence-electron chi connectivity index (χ2n) is 6.89. The van der Waals surface area contributed by atoms with E-state index in [4.69, 9.17) is 4.74 Å². The molecular formula is C17H27NO3S2. The first-order valence-corrected chi connectivity index (χ1v) is 10.8. The molecule has 3 fully saturated rings. The maximum atomic E-state index is 12.5. The number of amides is 1. The lowest BCUT2D eigenvalue weighted by atomic mass is 9.67. The van der Waals surface area contributed by atoms with Crippen molar-refractivity contribution in [2.75, 3.05) is 18.1 Å². The molecule has 2 saturated carbocycles. The fourth-order valence-electron chi connectivity index (χ4n) is 4.44. The molecule has 0 aromatic rings. The van der Waals surface area contributed by atoms with Gasteiger partial charge in [-0.3, -0.25) is 9.59 Å². The summed E-state index contributed by atoms with van der Waals surface area (Å²) in [6, 6.07) is 0. The van der Waals surface area contributed by atoms with E-state index in [1.54, 1.807) is 6.92 Å². The zero-order valence-corrected chi connectivity index (χ0v) is 15.6. The number of nitrogens with one attached hydrogen (secondary N) is 1. The lowest BCUT2D eigenvalue weighted by Crippen LogP contribution is -2.48. The molecule has 1 amide bonds. The summed E-state index contributed by atoms with van der Waals surface area (Å²) < 4.78 is 5.83. The van der Waals surface area contributed by atoms with Gasteiger partial charge in [-0.2, -0.15) is 0 Å².